The highest BCUT2D eigenvalue weighted by Gasteiger charge is 2.18. The molecule has 2 rings (SSSR count). The number of allylic oxidation sites excluding steroid dienone is 1. The van der Waals surface area contributed by atoms with E-state index in [1.165, 1.54) is 0 Å². The number of rotatable bonds is 2. The van der Waals surface area contributed by atoms with Crippen molar-refractivity contribution in [2.24, 2.45) is 5.41 Å². The van der Waals surface area contributed by atoms with Crippen LogP contribution in [0, 0.1) is 5.41 Å². The van der Waals surface area contributed by atoms with Crippen molar-refractivity contribution in [3.05, 3.63) is 29.3 Å². The Bertz CT molecular complexity index is 616. The zero-order valence-corrected chi connectivity index (χ0v) is 18.1. The Morgan fingerprint density at radius 3 is 1.75 bits per heavy atom. The van der Waals surface area contributed by atoms with Gasteiger partial charge in [-0.15, -0.1) is 0 Å². The van der Waals surface area contributed by atoms with Crippen LogP contribution >= 0.6 is 0 Å². The summed E-state index contributed by atoms with van der Waals surface area (Å²) in [5.74, 6) is 1.91. The molecular formula is C23H36O5. The summed E-state index contributed by atoms with van der Waals surface area (Å²) in [6, 6.07) is 4.24. The Morgan fingerprint density at radius 2 is 1.25 bits per heavy atom. The maximum Gasteiger partial charge on any atom is 0.168 e. The molecule has 0 bridgehead atoms. The van der Waals surface area contributed by atoms with E-state index in [4.69, 9.17) is 23.7 Å². The minimum atomic E-state index is 0.0845. The topological polar surface area (TPSA) is 46.2 Å². The summed E-state index contributed by atoms with van der Waals surface area (Å²) in [7, 11) is 0. The van der Waals surface area contributed by atoms with Crippen LogP contribution in [0.4, 0.5) is 0 Å². The summed E-state index contributed by atoms with van der Waals surface area (Å²) in [6.45, 7) is 15.1. The largest absolute Gasteiger partial charge is 0.487 e. The van der Waals surface area contributed by atoms with Crippen LogP contribution in [-0.4, -0.2) is 52.9 Å². The summed E-state index contributed by atoms with van der Waals surface area (Å²) >= 11 is 0. The zero-order chi connectivity index (χ0) is 20.4. The molecule has 0 aliphatic carbocycles. The predicted molar refractivity (Wildman–Crippen MR) is 112 cm³/mol. The van der Waals surface area contributed by atoms with E-state index in [0.717, 1.165) is 22.6 Å². The summed E-state index contributed by atoms with van der Waals surface area (Å²) in [5, 5.41) is 0. The Balaban J connectivity index is 2.32. The van der Waals surface area contributed by atoms with Crippen LogP contribution in [0.1, 0.15) is 51.7 Å². The van der Waals surface area contributed by atoms with Gasteiger partial charge in [0.15, 0.2) is 11.5 Å². The lowest BCUT2D eigenvalue weighted by Gasteiger charge is -2.21. The van der Waals surface area contributed by atoms with Crippen molar-refractivity contribution in [1.82, 2.24) is 0 Å². The van der Waals surface area contributed by atoms with E-state index in [0.29, 0.717) is 58.8 Å². The second kappa shape index (κ2) is 11.4. The fourth-order valence-electron chi connectivity index (χ4n) is 2.76. The van der Waals surface area contributed by atoms with Gasteiger partial charge in [0.05, 0.1) is 39.6 Å². The third-order valence-electron chi connectivity index (χ3n) is 4.25. The minimum Gasteiger partial charge on any atom is -0.487 e. The van der Waals surface area contributed by atoms with Gasteiger partial charge in [-0.05, 0) is 11.3 Å². The molecule has 0 atom stereocenters. The van der Waals surface area contributed by atoms with Gasteiger partial charge in [-0.2, -0.15) is 0 Å². The van der Waals surface area contributed by atoms with Crippen molar-refractivity contribution >= 4 is 6.08 Å². The molecule has 158 valence electrons. The van der Waals surface area contributed by atoms with E-state index < -0.39 is 0 Å². The SMILES string of the molecule is CC(C)c1ccc(/C=C/C(C)(C)C)c2c1OCCOCCOCCOCCO2. The van der Waals surface area contributed by atoms with Crippen LogP contribution in [0.5, 0.6) is 11.5 Å². The third kappa shape index (κ3) is 7.82. The van der Waals surface area contributed by atoms with Gasteiger partial charge in [0, 0.05) is 11.1 Å². The second-order valence-electron chi connectivity index (χ2n) is 8.29. The summed E-state index contributed by atoms with van der Waals surface area (Å²) in [4.78, 5) is 0. The Kier molecular flexibility index (Phi) is 9.29. The molecule has 0 spiro atoms. The zero-order valence-electron chi connectivity index (χ0n) is 18.1. The predicted octanol–water partition coefficient (Wildman–Crippen LogP) is 4.69. The molecule has 0 aromatic heterocycles. The maximum absolute atomic E-state index is 6.17. The lowest BCUT2D eigenvalue weighted by Crippen LogP contribution is -2.13. The lowest BCUT2D eigenvalue weighted by atomic mass is 9.94. The van der Waals surface area contributed by atoms with Crippen LogP contribution in [0.3, 0.4) is 0 Å². The molecule has 0 unspecified atom stereocenters. The average molecular weight is 393 g/mol. The van der Waals surface area contributed by atoms with Crippen LogP contribution in [0.15, 0.2) is 18.2 Å². The van der Waals surface area contributed by atoms with Crippen molar-refractivity contribution in [1.29, 1.82) is 0 Å². The van der Waals surface area contributed by atoms with Gasteiger partial charge in [-0.1, -0.05) is 58.9 Å². The van der Waals surface area contributed by atoms with Gasteiger partial charge in [0.1, 0.15) is 13.2 Å². The first kappa shape index (κ1) is 22.7. The van der Waals surface area contributed by atoms with E-state index in [1.807, 2.05) is 0 Å². The first-order valence-electron chi connectivity index (χ1n) is 10.2. The van der Waals surface area contributed by atoms with Gasteiger partial charge in [0.2, 0.25) is 0 Å². The van der Waals surface area contributed by atoms with Gasteiger partial charge in [-0.3, -0.25) is 0 Å². The Morgan fingerprint density at radius 1 is 0.750 bits per heavy atom. The molecule has 1 aliphatic heterocycles. The highest BCUT2D eigenvalue weighted by Crippen LogP contribution is 2.40. The fraction of sp³-hybridized carbons (Fsp3) is 0.652. The Labute approximate surface area is 170 Å². The average Bonchev–Trinajstić information content (AvgIpc) is 2.64. The molecule has 1 heterocycles. The highest BCUT2D eigenvalue weighted by atomic mass is 16.6. The summed E-state index contributed by atoms with van der Waals surface area (Å²) < 4.78 is 29.0. The van der Waals surface area contributed by atoms with E-state index in [2.05, 4.69) is 58.9 Å². The first-order chi connectivity index (χ1) is 13.4. The minimum absolute atomic E-state index is 0.0845. The fourth-order valence-corrected chi connectivity index (χ4v) is 2.76. The first-order valence-corrected chi connectivity index (χ1v) is 10.2. The van der Waals surface area contributed by atoms with Gasteiger partial charge in [0.25, 0.3) is 0 Å². The third-order valence-corrected chi connectivity index (χ3v) is 4.25. The number of benzene rings is 1. The molecule has 1 aromatic carbocycles. The molecule has 0 saturated carbocycles. The van der Waals surface area contributed by atoms with Crippen LogP contribution in [0.25, 0.3) is 6.08 Å². The normalized spacial score (nSPS) is 18.1. The van der Waals surface area contributed by atoms with Gasteiger partial charge in [-0.25, -0.2) is 0 Å². The quantitative estimate of drug-likeness (QED) is 0.731. The maximum atomic E-state index is 6.17. The molecule has 1 aromatic rings. The molecular weight excluding hydrogens is 356 g/mol. The van der Waals surface area contributed by atoms with Crippen molar-refractivity contribution in [3.63, 3.8) is 0 Å². The molecule has 28 heavy (non-hydrogen) atoms. The van der Waals surface area contributed by atoms with Crippen molar-refractivity contribution in [2.45, 2.75) is 40.5 Å². The van der Waals surface area contributed by atoms with Gasteiger partial charge < -0.3 is 23.7 Å². The molecule has 0 radical (unpaired) electrons. The molecule has 0 N–H and O–H groups in total. The summed E-state index contributed by atoms with van der Waals surface area (Å²) in [5.41, 5.74) is 2.24. The molecule has 0 fully saturated rings. The smallest absolute Gasteiger partial charge is 0.168 e. The second-order valence-corrected chi connectivity index (χ2v) is 8.29. The molecule has 5 heteroatoms. The van der Waals surface area contributed by atoms with E-state index in [-0.39, 0.29) is 5.41 Å². The van der Waals surface area contributed by atoms with Crippen molar-refractivity contribution in [2.75, 3.05) is 52.9 Å². The van der Waals surface area contributed by atoms with E-state index >= 15 is 0 Å². The highest BCUT2D eigenvalue weighted by molar-refractivity contribution is 5.65. The number of hydrogen-bond acceptors (Lipinski definition) is 5. The van der Waals surface area contributed by atoms with Crippen molar-refractivity contribution < 1.29 is 23.7 Å². The number of ether oxygens (including phenoxy) is 5. The molecule has 0 amide bonds. The van der Waals surface area contributed by atoms with Crippen LogP contribution in [0.2, 0.25) is 0 Å². The molecule has 0 saturated heterocycles. The van der Waals surface area contributed by atoms with E-state index in [1.54, 1.807) is 0 Å². The molecule has 1 aliphatic rings. The standard InChI is InChI=1S/C23H36O5/c1-18(2)20-7-6-19(8-9-23(3,4)5)21-22(20)28-17-15-26-13-11-24-10-12-25-14-16-27-21/h6-9,18H,10-17H2,1-5H3/b9-8+. The van der Waals surface area contributed by atoms with E-state index in [9.17, 15) is 0 Å². The number of fused-ring (bicyclic) bond motifs is 1. The lowest BCUT2D eigenvalue weighted by molar-refractivity contribution is 0.00705. The van der Waals surface area contributed by atoms with Gasteiger partial charge >= 0.3 is 0 Å². The molecule has 5 nitrogen and oxygen atoms in total. The van der Waals surface area contributed by atoms with Crippen molar-refractivity contribution in [3.8, 4) is 11.5 Å². The number of hydrogen-bond donors (Lipinski definition) is 0. The Hall–Kier alpha value is -1.56. The monoisotopic (exact) mass is 392 g/mol. The summed E-state index contributed by atoms with van der Waals surface area (Å²) in [6.07, 6.45) is 4.30. The van der Waals surface area contributed by atoms with Crippen LogP contribution < -0.4 is 9.47 Å². The van der Waals surface area contributed by atoms with Crippen LogP contribution in [-0.2, 0) is 14.2 Å².